The number of aryl methyl sites for hydroxylation is 1. The number of esters is 1. The van der Waals surface area contributed by atoms with Gasteiger partial charge < -0.3 is 10.1 Å². The lowest BCUT2D eigenvalue weighted by atomic mass is 10.1. The summed E-state index contributed by atoms with van der Waals surface area (Å²) in [7, 11) is 0. The van der Waals surface area contributed by atoms with Crippen LogP contribution in [0.3, 0.4) is 0 Å². The van der Waals surface area contributed by atoms with E-state index in [1.54, 1.807) is 66.7 Å². The summed E-state index contributed by atoms with van der Waals surface area (Å²) in [5.74, 6) is -0.983. The van der Waals surface area contributed by atoms with Gasteiger partial charge in [0.2, 0.25) is 0 Å². The minimum atomic E-state index is -0.605. The van der Waals surface area contributed by atoms with E-state index in [1.165, 1.54) is 6.08 Å². The van der Waals surface area contributed by atoms with Crippen LogP contribution >= 0.6 is 23.2 Å². The average molecular weight is 451 g/mol. The molecule has 0 heterocycles. The van der Waals surface area contributed by atoms with Gasteiger partial charge >= 0.3 is 5.97 Å². The molecule has 0 saturated carbocycles. The lowest BCUT2D eigenvalue weighted by molar-refractivity contribution is -0.112. The second kappa shape index (κ2) is 9.94. The van der Waals surface area contributed by atoms with Crippen molar-refractivity contribution in [3.63, 3.8) is 0 Å². The summed E-state index contributed by atoms with van der Waals surface area (Å²) in [6, 6.07) is 19.8. The van der Waals surface area contributed by atoms with E-state index in [2.05, 4.69) is 5.32 Å². The molecule has 3 rings (SSSR count). The van der Waals surface area contributed by atoms with E-state index in [4.69, 9.17) is 27.9 Å². The maximum absolute atomic E-state index is 12.6. The van der Waals surface area contributed by atoms with Gasteiger partial charge in [-0.25, -0.2) is 4.79 Å². The zero-order chi connectivity index (χ0) is 22.4. The van der Waals surface area contributed by atoms with E-state index in [1.807, 2.05) is 13.0 Å². The molecule has 3 aromatic carbocycles. The molecule has 0 fully saturated rings. The Bertz CT molecular complexity index is 1210. The molecular weight excluding hydrogens is 435 g/mol. The maximum Gasteiger partial charge on any atom is 0.343 e. The number of rotatable bonds is 5. The number of nitrogens with one attached hydrogen (secondary N) is 1. The maximum atomic E-state index is 12.6. The predicted octanol–water partition coefficient (Wildman–Crippen LogP) is 6.07. The summed E-state index contributed by atoms with van der Waals surface area (Å²) in [5, 5.41) is 13.2. The number of hydrogen-bond donors (Lipinski definition) is 1. The Morgan fingerprint density at radius 1 is 1.00 bits per heavy atom. The number of amides is 1. The first-order chi connectivity index (χ1) is 14.9. The number of benzene rings is 3. The van der Waals surface area contributed by atoms with Crippen molar-refractivity contribution in [2.24, 2.45) is 0 Å². The van der Waals surface area contributed by atoms with Crippen LogP contribution < -0.4 is 10.1 Å². The largest absolute Gasteiger partial charge is 0.422 e. The third-order valence-electron chi connectivity index (χ3n) is 4.31. The molecular formula is C24H16Cl2N2O3. The topological polar surface area (TPSA) is 79.2 Å². The van der Waals surface area contributed by atoms with Crippen molar-refractivity contribution in [2.45, 2.75) is 6.92 Å². The number of nitrogens with zero attached hydrogens (tertiary/aromatic N) is 1. The van der Waals surface area contributed by atoms with Crippen LogP contribution in [-0.4, -0.2) is 11.9 Å². The molecule has 0 aliphatic carbocycles. The molecule has 0 aliphatic rings. The second-order valence-electron chi connectivity index (χ2n) is 6.52. The van der Waals surface area contributed by atoms with Crippen molar-refractivity contribution in [3.05, 3.63) is 99.0 Å². The number of hydrogen-bond acceptors (Lipinski definition) is 4. The van der Waals surface area contributed by atoms with E-state index >= 15 is 0 Å². The third-order valence-corrected chi connectivity index (χ3v) is 4.80. The Labute approximate surface area is 189 Å². The molecule has 0 unspecified atom stereocenters. The summed E-state index contributed by atoms with van der Waals surface area (Å²) in [4.78, 5) is 25.1. The number of para-hydroxylation sites is 1. The van der Waals surface area contributed by atoms with Gasteiger partial charge in [-0.15, -0.1) is 0 Å². The summed E-state index contributed by atoms with van der Waals surface area (Å²) in [6.45, 7) is 1.81. The van der Waals surface area contributed by atoms with Crippen LogP contribution in [-0.2, 0) is 4.79 Å². The Morgan fingerprint density at radius 2 is 1.68 bits per heavy atom. The molecule has 154 valence electrons. The van der Waals surface area contributed by atoms with Gasteiger partial charge in [0, 0.05) is 21.3 Å². The first kappa shape index (κ1) is 22.1. The number of ether oxygens (including phenoxy) is 1. The van der Waals surface area contributed by atoms with Crippen molar-refractivity contribution in [1.82, 2.24) is 0 Å². The number of halogens is 2. The summed E-state index contributed by atoms with van der Waals surface area (Å²) >= 11 is 11.8. The molecule has 1 N–H and O–H groups in total. The fourth-order valence-electron chi connectivity index (χ4n) is 2.66. The first-order valence-corrected chi connectivity index (χ1v) is 9.89. The third kappa shape index (κ3) is 5.73. The molecule has 0 atom stereocenters. The smallest absolute Gasteiger partial charge is 0.343 e. The molecule has 0 bridgehead atoms. The quantitative estimate of drug-likeness (QED) is 0.221. The standard InChI is InChI=1S/C24H16Cl2N2O3/c1-15-6-9-20(26)13-21(15)28-23(29)18(14-27)12-17-4-2-3-5-22(17)31-24(30)16-7-10-19(25)11-8-16/h2-13H,1H3,(H,28,29)/b18-12+. The van der Waals surface area contributed by atoms with Crippen LogP contribution in [0.15, 0.2) is 72.3 Å². The lowest BCUT2D eigenvalue weighted by Gasteiger charge is -2.10. The Kier molecular flexibility index (Phi) is 7.09. The van der Waals surface area contributed by atoms with Crippen LogP contribution in [0.5, 0.6) is 5.75 Å². The normalized spacial score (nSPS) is 10.8. The van der Waals surface area contributed by atoms with Gasteiger partial charge in [0.25, 0.3) is 5.91 Å². The molecule has 31 heavy (non-hydrogen) atoms. The molecule has 3 aromatic rings. The SMILES string of the molecule is Cc1ccc(Cl)cc1NC(=O)/C(C#N)=C/c1ccccc1OC(=O)c1ccc(Cl)cc1. The van der Waals surface area contributed by atoms with Gasteiger partial charge in [-0.05, 0) is 61.0 Å². The van der Waals surface area contributed by atoms with E-state index in [9.17, 15) is 14.9 Å². The van der Waals surface area contributed by atoms with E-state index in [0.29, 0.717) is 26.9 Å². The van der Waals surface area contributed by atoms with Crippen molar-refractivity contribution >= 4 is 46.8 Å². The molecule has 0 aliphatic heterocycles. The van der Waals surface area contributed by atoms with Gasteiger partial charge in [0.15, 0.2) is 0 Å². The lowest BCUT2D eigenvalue weighted by Crippen LogP contribution is -2.14. The number of nitriles is 1. The fourth-order valence-corrected chi connectivity index (χ4v) is 2.96. The zero-order valence-electron chi connectivity index (χ0n) is 16.4. The van der Waals surface area contributed by atoms with E-state index < -0.39 is 11.9 Å². The summed E-state index contributed by atoms with van der Waals surface area (Å²) in [6.07, 6.45) is 1.36. The van der Waals surface area contributed by atoms with Crippen LogP contribution in [0.2, 0.25) is 10.0 Å². The molecule has 0 saturated heterocycles. The van der Waals surface area contributed by atoms with Crippen molar-refractivity contribution < 1.29 is 14.3 Å². The van der Waals surface area contributed by atoms with Crippen molar-refractivity contribution in [3.8, 4) is 11.8 Å². The highest BCUT2D eigenvalue weighted by molar-refractivity contribution is 6.31. The van der Waals surface area contributed by atoms with Crippen molar-refractivity contribution in [1.29, 1.82) is 5.26 Å². The van der Waals surface area contributed by atoms with Gasteiger partial charge in [-0.3, -0.25) is 4.79 Å². The van der Waals surface area contributed by atoms with Crippen molar-refractivity contribution in [2.75, 3.05) is 5.32 Å². The summed E-state index contributed by atoms with van der Waals surface area (Å²) < 4.78 is 5.46. The highest BCUT2D eigenvalue weighted by Crippen LogP contribution is 2.24. The molecule has 0 radical (unpaired) electrons. The van der Waals surface area contributed by atoms with E-state index in [0.717, 1.165) is 5.56 Å². The predicted molar refractivity (Wildman–Crippen MR) is 121 cm³/mol. The molecule has 0 spiro atoms. The monoisotopic (exact) mass is 450 g/mol. The van der Waals surface area contributed by atoms with Crippen LogP contribution in [0.25, 0.3) is 6.08 Å². The minimum absolute atomic E-state index is 0.158. The van der Waals surface area contributed by atoms with Crippen LogP contribution in [0.1, 0.15) is 21.5 Å². The fraction of sp³-hybridized carbons (Fsp3) is 0.0417. The highest BCUT2D eigenvalue weighted by atomic mass is 35.5. The molecule has 0 aromatic heterocycles. The van der Waals surface area contributed by atoms with Crippen LogP contribution in [0.4, 0.5) is 5.69 Å². The Balaban J connectivity index is 1.85. The number of carbonyl (C=O) groups excluding carboxylic acids is 2. The highest BCUT2D eigenvalue weighted by Gasteiger charge is 2.15. The first-order valence-electron chi connectivity index (χ1n) is 9.13. The summed E-state index contributed by atoms with van der Waals surface area (Å²) in [5.41, 5.74) is 1.86. The average Bonchev–Trinajstić information content (AvgIpc) is 2.76. The Hall–Kier alpha value is -3.59. The molecule has 1 amide bonds. The number of anilines is 1. The second-order valence-corrected chi connectivity index (χ2v) is 7.39. The van der Waals surface area contributed by atoms with Gasteiger partial charge in [0.1, 0.15) is 17.4 Å². The van der Waals surface area contributed by atoms with E-state index in [-0.39, 0.29) is 11.3 Å². The number of carbonyl (C=O) groups is 2. The molecule has 5 nitrogen and oxygen atoms in total. The van der Waals surface area contributed by atoms with Crippen LogP contribution in [0, 0.1) is 18.3 Å². The minimum Gasteiger partial charge on any atom is -0.422 e. The van der Waals surface area contributed by atoms with Gasteiger partial charge in [-0.2, -0.15) is 5.26 Å². The van der Waals surface area contributed by atoms with Gasteiger partial charge in [0.05, 0.1) is 5.56 Å². The zero-order valence-corrected chi connectivity index (χ0v) is 17.9. The molecule has 7 heteroatoms. The van der Waals surface area contributed by atoms with Gasteiger partial charge in [-0.1, -0.05) is 47.5 Å². The Morgan fingerprint density at radius 3 is 2.39 bits per heavy atom.